The number of benzene rings is 2. The van der Waals surface area contributed by atoms with E-state index in [1.165, 1.54) is 12.1 Å². The third kappa shape index (κ3) is 5.37. The summed E-state index contributed by atoms with van der Waals surface area (Å²) in [5, 5.41) is 11.4. The van der Waals surface area contributed by atoms with E-state index in [0.29, 0.717) is 24.8 Å². The zero-order valence-corrected chi connectivity index (χ0v) is 21.4. The Bertz CT molecular complexity index is 1290. The van der Waals surface area contributed by atoms with Gasteiger partial charge in [-0.2, -0.15) is 0 Å². The van der Waals surface area contributed by atoms with E-state index in [1.807, 2.05) is 19.9 Å². The van der Waals surface area contributed by atoms with E-state index >= 15 is 0 Å². The van der Waals surface area contributed by atoms with E-state index < -0.39 is 41.1 Å². The zero-order chi connectivity index (χ0) is 27.4. The molecule has 0 saturated carbocycles. The molecule has 2 aliphatic rings. The molecule has 0 fully saturated rings. The second-order valence-corrected chi connectivity index (χ2v) is 9.86. The Balaban J connectivity index is 1.70. The van der Waals surface area contributed by atoms with Gasteiger partial charge in [-0.3, -0.25) is 19.4 Å². The Labute approximate surface area is 220 Å². The Kier molecular flexibility index (Phi) is 8.04. The van der Waals surface area contributed by atoms with E-state index in [4.69, 9.17) is 10.1 Å². The molecule has 1 aliphatic carbocycles. The molecule has 0 bridgehead atoms. The monoisotopic (exact) mass is 523 g/mol. The molecule has 4 rings (SSSR count). The molecule has 0 aromatic heterocycles. The fraction of sp³-hybridized carbons (Fsp3) is 0.379. The molecule has 7 nitrogen and oxygen atoms in total. The summed E-state index contributed by atoms with van der Waals surface area (Å²) in [5.41, 5.74) is -0.0147. The van der Waals surface area contributed by atoms with Gasteiger partial charge in [-0.25, -0.2) is 8.78 Å². The van der Waals surface area contributed by atoms with E-state index in [1.54, 1.807) is 29.2 Å². The van der Waals surface area contributed by atoms with Crippen LogP contribution in [0.4, 0.5) is 8.78 Å². The van der Waals surface area contributed by atoms with Crippen molar-refractivity contribution in [3.8, 4) is 0 Å². The highest BCUT2D eigenvalue weighted by Crippen LogP contribution is 2.45. The van der Waals surface area contributed by atoms with Crippen LogP contribution in [0.3, 0.4) is 0 Å². The quantitative estimate of drug-likeness (QED) is 0.451. The number of nitrogens with zero attached hydrogens (tertiary/aromatic N) is 2. The standard InChI is InChI=1S/C29H31F2N3O4/c1-3-6-23(19-10-12-20(13-11-19)27(37)32-16-14-24(35)36)34-28(38)26(21-8-4-9-22(30)25(21)31)33-29(34)15-5-7-18(2)17-29/h4-5,7-13,18,23H,3,6,14-17H2,1-2H3,(H,32,37)(H,35,36)/t18?,23-,29?/m1/s1. The van der Waals surface area contributed by atoms with Crippen molar-refractivity contribution >= 4 is 23.5 Å². The first-order valence-corrected chi connectivity index (χ1v) is 12.8. The van der Waals surface area contributed by atoms with Gasteiger partial charge in [0.2, 0.25) is 0 Å². The van der Waals surface area contributed by atoms with Gasteiger partial charge in [-0.15, -0.1) is 0 Å². The van der Waals surface area contributed by atoms with Crippen molar-refractivity contribution in [2.75, 3.05) is 6.54 Å². The van der Waals surface area contributed by atoms with Gasteiger partial charge in [0.25, 0.3) is 11.8 Å². The second-order valence-electron chi connectivity index (χ2n) is 9.86. The topological polar surface area (TPSA) is 99.1 Å². The van der Waals surface area contributed by atoms with Crippen LogP contribution in [0.2, 0.25) is 0 Å². The minimum absolute atomic E-state index is 0.0155. The summed E-state index contributed by atoms with van der Waals surface area (Å²) >= 11 is 0. The van der Waals surface area contributed by atoms with Crippen LogP contribution in [0.15, 0.2) is 59.6 Å². The normalized spacial score (nSPS) is 21.5. The highest BCUT2D eigenvalue weighted by Gasteiger charge is 2.51. The lowest BCUT2D eigenvalue weighted by Gasteiger charge is -2.44. The maximum Gasteiger partial charge on any atom is 0.305 e. The lowest BCUT2D eigenvalue weighted by molar-refractivity contribution is -0.137. The second kappa shape index (κ2) is 11.2. The molecule has 1 aliphatic heterocycles. The van der Waals surface area contributed by atoms with Crippen molar-refractivity contribution in [3.63, 3.8) is 0 Å². The van der Waals surface area contributed by atoms with Gasteiger partial charge in [0, 0.05) is 24.1 Å². The van der Waals surface area contributed by atoms with Crippen LogP contribution < -0.4 is 5.32 Å². The Morgan fingerprint density at radius 3 is 2.61 bits per heavy atom. The maximum absolute atomic E-state index is 14.8. The van der Waals surface area contributed by atoms with Crippen LogP contribution in [0, 0.1) is 17.6 Å². The number of amides is 2. The van der Waals surface area contributed by atoms with Crippen molar-refractivity contribution in [1.29, 1.82) is 0 Å². The van der Waals surface area contributed by atoms with Gasteiger partial charge in [0.15, 0.2) is 11.6 Å². The number of aliphatic carboxylic acids is 1. The molecule has 2 aromatic carbocycles. The largest absolute Gasteiger partial charge is 0.481 e. The van der Waals surface area contributed by atoms with Crippen LogP contribution in [0.25, 0.3) is 0 Å². The molecule has 0 radical (unpaired) electrons. The van der Waals surface area contributed by atoms with Crippen LogP contribution >= 0.6 is 0 Å². The molecule has 2 amide bonds. The van der Waals surface area contributed by atoms with E-state index in [0.717, 1.165) is 18.1 Å². The molecular weight excluding hydrogens is 492 g/mol. The number of halogens is 2. The van der Waals surface area contributed by atoms with Crippen LogP contribution in [-0.4, -0.2) is 45.7 Å². The van der Waals surface area contributed by atoms with Crippen molar-refractivity contribution in [2.45, 2.75) is 57.7 Å². The highest BCUT2D eigenvalue weighted by molar-refractivity contribution is 6.46. The molecule has 2 unspecified atom stereocenters. The molecule has 0 saturated heterocycles. The molecule has 2 N–H and O–H groups in total. The summed E-state index contributed by atoms with van der Waals surface area (Å²) < 4.78 is 28.9. The van der Waals surface area contributed by atoms with Gasteiger partial charge < -0.3 is 15.3 Å². The SMILES string of the molecule is CCC[C@H](c1ccc(C(=O)NCCC(=O)O)cc1)N1C(=O)C(c2cccc(F)c2F)=NC12CC=CC(C)C2. The third-order valence-corrected chi connectivity index (χ3v) is 7.01. The van der Waals surface area contributed by atoms with Gasteiger partial charge in [-0.05, 0) is 48.6 Å². The Morgan fingerprint density at radius 1 is 1.21 bits per heavy atom. The van der Waals surface area contributed by atoms with Gasteiger partial charge in [-0.1, -0.05) is 50.6 Å². The van der Waals surface area contributed by atoms with E-state index in [-0.39, 0.29) is 30.2 Å². The summed E-state index contributed by atoms with van der Waals surface area (Å²) in [6.45, 7) is 4.05. The first-order chi connectivity index (χ1) is 18.2. The molecule has 9 heteroatoms. The van der Waals surface area contributed by atoms with Crippen molar-refractivity contribution in [2.24, 2.45) is 10.9 Å². The highest BCUT2D eigenvalue weighted by atomic mass is 19.2. The summed E-state index contributed by atoms with van der Waals surface area (Å²) in [5.74, 6) is -3.86. The van der Waals surface area contributed by atoms with Crippen molar-refractivity contribution in [3.05, 3.63) is 82.9 Å². The molecule has 38 heavy (non-hydrogen) atoms. The number of carboxylic acid groups (broad SMARTS) is 1. The minimum atomic E-state index is -1.10. The van der Waals surface area contributed by atoms with Crippen LogP contribution in [0.1, 0.15) is 73.5 Å². The predicted octanol–water partition coefficient (Wildman–Crippen LogP) is 5.02. The fourth-order valence-corrected chi connectivity index (χ4v) is 5.31. The van der Waals surface area contributed by atoms with Crippen molar-refractivity contribution in [1.82, 2.24) is 10.2 Å². The Hall–Kier alpha value is -3.88. The van der Waals surface area contributed by atoms with Gasteiger partial charge in [0.05, 0.1) is 12.5 Å². The number of rotatable bonds is 9. The summed E-state index contributed by atoms with van der Waals surface area (Å²) in [6.07, 6.45) is 6.21. The fourth-order valence-electron chi connectivity index (χ4n) is 5.31. The molecular formula is C29H31F2N3O4. The first kappa shape index (κ1) is 27.2. The van der Waals surface area contributed by atoms with E-state index in [2.05, 4.69) is 11.4 Å². The number of allylic oxidation sites excluding steroid dienone is 1. The average Bonchev–Trinajstić information content (AvgIpc) is 3.14. The average molecular weight is 524 g/mol. The summed E-state index contributed by atoms with van der Waals surface area (Å²) in [6, 6.07) is 10.2. The van der Waals surface area contributed by atoms with Crippen molar-refractivity contribution < 1.29 is 28.3 Å². The number of carboxylic acids is 1. The predicted molar refractivity (Wildman–Crippen MR) is 139 cm³/mol. The number of carbonyl (C=O) groups is 3. The minimum Gasteiger partial charge on any atom is -0.481 e. The molecule has 1 spiro atoms. The van der Waals surface area contributed by atoms with Crippen LogP contribution in [-0.2, 0) is 9.59 Å². The van der Waals surface area contributed by atoms with Gasteiger partial charge >= 0.3 is 5.97 Å². The van der Waals surface area contributed by atoms with Crippen LogP contribution in [0.5, 0.6) is 0 Å². The number of hydrogen-bond donors (Lipinski definition) is 2. The molecule has 3 atom stereocenters. The lowest BCUT2D eigenvalue weighted by Crippen LogP contribution is -2.50. The number of nitrogens with one attached hydrogen (secondary N) is 1. The number of carbonyl (C=O) groups excluding carboxylic acids is 2. The lowest BCUT2D eigenvalue weighted by atomic mass is 9.85. The number of aliphatic imine (C=N–C) groups is 1. The molecule has 200 valence electrons. The third-order valence-electron chi connectivity index (χ3n) is 7.01. The molecule has 1 heterocycles. The Morgan fingerprint density at radius 2 is 1.95 bits per heavy atom. The smallest absolute Gasteiger partial charge is 0.305 e. The summed E-state index contributed by atoms with van der Waals surface area (Å²) in [4.78, 5) is 43.6. The first-order valence-electron chi connectivity index (χ1n) is 12.8. The maximum atomic E-state index is 14.8. The summed E-state index contributed by atoms with van der Waals surface area (Å²) in [7, 11) is 0. The molecule has 2 aromatic rings. The number of hydrogen-bond acceptors (Lipinski definition) is 4. The zero-order valence-electron chi connectivity index (χ0n) is 21.4. The van der Waals surface area contributed by atoms with Gasteiger partial charge in [0.1, 0.15) is 11.4 Å². The van der Waals surface area contributed by atoms with E-state index in [9.17, 15) is 23.2 Å².